The molecule has 1 aliphatic carbocycles. The molecule has 0 atom stereocenters. The highest BCUT2D eigenvalue weighted by atomic mass is 35.5. The van der Waals surface area contributed by atoms with Crippen LogP contribution in [0.3, 0.4) is 0 Å². The van der Waals surface area contributed by atoms with Crippen molar-refractivity contribution >= 4 is 32.6 Å². The summed E-state index contributed by atoms with van der Waals surface area (Å²) in [4.78, 5) is 0. The van der Waals surface area contributed by atoms with E-state index in [1.165, 1.54) is 16.7 Å². The Kier molecular flexibility index (Phi) is 5.05. The number of benzene rings is 3. The van der Waals surface area contributed by atoms with Gasteiger partial charge in [-0.2, -0.15) is 13.0 Å². The highest BCUT2D eigenvalue weighted by Gasteiger charge is 2.33. The molecule has 156 valence electrons. The molecule has 4 aromatic rings. The van der Waals surface area contributed by atoms with Gasteiger partial charge in [-0.25, -0.2) is 0 Å². The van der Waals surface area contributed by atoms with E-state index in [-0.39, 0.29) is 5.75 Å². The van der Waals surface area contributed by atoms with Gasteiger partial charge < -0.3 is 0 Å². The Morgan fingerprint density at radius 3 is 2.45 bits per heavy atom. The molecule has 1 N–H and O–H groups in total. The van der Waals surface area contributed by atoms with Crippen molar-refractivity contribution < 1.29 is 17.5 Å². The number of rotatable bonds is 5. The molecule has 3 aromatic carbocycles. The molecular weight excluding hydrogens is 430 g/mol. The van der Waals surface area contributed by atoms with Crippen LogP contribution in [-0.2, 0) is 23.1 Å². The monoisotopic (exact) mass is 450 g/mol. The number of fused-ring (bicyclic) bond motifs is 4. The van der Waals surface area contributed by atoms with E-state index in [9.17, 15) is 13.0 Å². The molecule has 0 saturated heterocycles. The molecule has 31 heavy (non-hydrogen) atoms. The fourth-order valence-electron chi connectivity index (χ4n) is 4.64. The molecule has 0 fully saturated rings. The van der Waals surface area contributed by atoms with Gasteiger partial charge in [-0.05, 0) is 28.8 Å². The van der Waals surface area contributed by atoms with Crippen LogP contribution in [0.25, 0.3) is 33.2 Å². The number of aryl methyl sites for hydroxylation is 1. The first-order chi connectivity index (χ1) is 14.9. The molecule has 0 aliphatic heterocycles. The molecule has 0 amide bonds. The van der Waals surface area contributed by atoms with Crippen LogP contribution in [0.2, 0.25) is 5.02 Å². The van der Waals surface area contributed by atoms with Crippen LogP contribution in [0.1, 0.15) is 17.7 Å². The van der Waals surface area contributed by atoms with Crippen molar-refractivity contribution in [2.75, 3.05) is 5.75 Å². The second-order valence-electron chi connectivity index (χ2n) is 7.85. The van der Waals surface area contributed by atoms with E-state index in [0.717, 1.165) is 34.1 Å². The maximum Gasteiger partial charge on any atom is 0.265 e. The summed E-state index contributed by atoms with van der Waals surface area (Å²) < 4.78 is 34.0. The third-order valence-corrected chi connectivity index (χ3v) is 6.91. The van der Waals surface area contributed by atoms with E-state index in [2.05, 4.69) is 28.8 Å². The van der Waals surface area contributed by atoms with Crippen molar-refractivity contribution in [3.8, 4) is 22.3 Å². The number of hydrogen-bond acceptors (Lipinski definition) is 2. The van der Waals surface area contributed by atoms with Crippen molar-refractivity contribution in [2.45, 2.75) is 19.4 Å². The van der Waals surface area contributed by atoms with Gasteiger partial charge in [0, 0.05) is 23.1 Å². The summed E-state index contributed by atoms with van der Waals surface area (Å²) in [6.07, 6.45) is 1.10. The van der Waals surface area contributed by atoms with Crippen LogP contribution in [0.5, 0.6) is 0 Å². The van der Waals surface area contributed by atoms with Gasteiger partial charge >= 0.3 is 0 Å². The predicted octanol–water partition coefficient (Wildman–Crippen LogP) is 5.30. The van der Waals surface area contributed by atoms with Crippen LogP contribution in [-0.4, -0.2) is 18.7 Å². The van der Waals surface area contributed by atoms with E-state index in [1.807, 2.05) is 48.5 Å². The lowest BCUT2D eigenvalue weighted by atomic mass is 9.92. The minimum Gasteiger partial charge on any atom is -0.286 e. The molecule has 0 bridgehead atoms. The summed E-state index contributed by atoms with van der Waals surface area (Å²) in [5, 5.41) is 1.68. The quantitative estimate of drug-likeness (QED) is 0.292. The zero-order chi connectivity index (χ0) is 21.6. The molecule has 0 unspecified atom stereocenters. The lowest BCUT2D eigenvalue weighted by Crippen LogP contribution is -2.40. The van der Waals surface area contributed by atoms with E-state index >= 15 is 0 Å². The van der Waals surface area contributed by atoms with Gasteiger partial charge in [-0.3, -0.25) is 4.55 Å². The summed E-state index contributed by atoms with van der Waals surface area (Å²) in [6.45, 7) is 0.489. The highest BCUT2D eigenvalue weighted by Crippen LogP contribution is 2.45. The standard InChI is InChI=1S/C25H20ClNO3S/c26-19-11-12-22-21(16-19)24(17-7-2-1-3-8-17)25-20-10-5-4-9-18(20)15-23(25)27(22)13-6-14-31(28,29)30/h1-5,7-12,16H,6,13-15H2/p+1. The molecule has 1 aliphatic rings. The van der Waals surface area contributed by atoms with Gasteiger partial charge in [-0.15, -0.1) is 0 Å². The van der Waals surface area contributed by atoms with Crippen LogP contribution in [0, 0.1) is 0 Å². The Hall–Kier alpha value is -2.73. The van der Waals surface area contributed by atoms with Gasteiger partial charge in [0.1, 0.15) is 6.54 Å². The van der Waals surface area contributed by atoms with Gasteiger partial charge in [0.15, 0.2) is 5.69 Å². The van der Waals surface area contributed by atoms with Gasteiger partial charge in [0.05, 0.1) is 23.1 Å². The Morgan fingerprint density at radius 2 is 1.68 bits per heavy atom. The van der Waals surface area contributed by atoms with Crippen LogP contribution >= 0.6 is 11.6 Å². The van der Waals surface area contributed by atoms with E-state index in [4.69, 9.17) is 11.6 Å². The predicted molar refractivity (Wildman–Crippen MR) is 124 cm³/mol. The number of nitrogens with zero attached hydrogens (tertiary/aromatic N) is 1. The Morgan fingerprint density at radius 1 is 0.935 bits per heavy atom. The molecule has 0 radical (unpaired) electrons. The fraction of sp³-hybridized carbons (Fsp3) is 0.160. The van der Waals surface area contributed by atoms with Crippen LogP contribution in [0.4, 0.5) is 0 Å². The van der Waals surface area contributed by atoms with Crippen molar-refractivity contribution in [3.63, 3.8) is 0 Å². The summed E-state index contributed by atoms with van der Waals surface area (Å²) in [5.74, 6) is -0.267. The van der Waals surface area contributed by atoms with Gasteiger partial charge in [-0.1, -0.05) is 66.2 Å². The topological polar surface area (TPSA) is 58.3 Å². The Labute approximate surface area is 186 Å². The van der Waals surface area contributed by atoms with Crippen molar-refractivity contribution in [2.24, 2.45) is 0 Å². The first kappa shape index (κ1) is 20.2. The minimum absolute atomic E-state index is 0.267. The molecule has 1 aromatic heterocycles. The summed E-state index contributed by atoms with van der Waals surface area (Å²) in [6, 6.07) is 24.5. The number of halogens is 1. The van der Waals surface area contributed by atoms with Crippen molar-refractivity contribution in [1.82, 2.24) is 0 Å². The number of aromatic nitrogens is 1. The van der Waals surface area contributed by atoms with Crippen LogP contribution < -0.4 is 4.57 Å². The second kappa shape index (κ2) is 7.75. The molecule has 0 spiro atoms. The highest BCUT2D eigenvalue weighted by molar-refractivity contribution is 7.85. The largest absolute Gasteiger partial charge is 0.286 e. The Balaban J connectivity index is 1.83. The normalized spacial score (nSPS) is 12.7. The summed E-state index contributed by atoms with van der Waals surface area (Å²) in [5.41, 5.74) is 8.04. The average molecular weight is 451 g/mol. The molecular formula is C25H21ClNO3S+. The lowest BCUT2D eigenvalue weighted by molar-refractivity contribution is -0.677. The molecule has 6 heteroatoms. The van der Waals surface area contributed by atoms with E-state index in [1.54, 1.807) is 0 Å². The van der Waals surface area contributed by atoms with Crippen molar-refractivity contribution in [1.29, 1.82) is 0 Å². The molecule has 1 heterocycles. The van der Waals surface area contributed by atoms with Gasteiger partial charge in [0.25, 0.3) is 10.1 Å². The third-order valence-electron chi connectivity index (χ3n) is 5.87. The summed E-state index contributed by atoms with van der Waals surface area (Å²) >= 11 is 6.42. The van der Waals surface area contributed by atoms with E-state index in [0.29, 0.717) is 18.0 Å². The fourth-order valence-corrected chi connectivity index (χ4v) is 5.31. The van der Waals surface area contributed by atoms with E-state index < -0.39 is 10.1 Å². The third kappa shape index (κ3) is 3.74. The van der Waals surface area contributed by atoms with Crippen LogP contribution in [0.15, 0.2) is 72.8 Å². The van der Waals surface area contributed by atoms with Gasteiger partial charge in [0.2, 0.25) is 5.52 Å². The first-order valence-corrected chi connectivity index (χ1v) is 12.2. The maximum atomic E-state index is 11.3. The average Bonchev–Trinajstić information content (AvgIpc) is 3.12. The zero-order valence-corrected chi connectivity index (χ0v) is 18.3. The smallest absolute Gasteiger partial charge is 0.265 e. The second-order valence-corrected chi connectivity index (χ2v) is 9.86. The maximum absolute atomic E-state index is 11.3. The SMILES string of the molecule is O=S(=O)(O)CCC[n+]1c2c(c(-c3ccccc3)c3cc(Cl)ccc31)-c1ccccc1C2. The first-order valence-electron chi connectivity index (χ1n) is 10.2. The molecule has 4 nitrogen and oxygen atoms in total. The summed E-state index contributed by atoms with van der Waals surface area (Å²) in [7, 11) is -4.01. The Bertz CT molecular complexity index is 1420. The number of hydrogen-bond donors (Lipinski definition) is 1. The molecule has 5 rings (SSSR count). The van der Waals surface area contributed by atoms with Crippen molar-refractivity contribution in [3.05, 3.63) is 89.1 Å². The number of pyridine rings is 1. The zero-order valence-electron chi connectivity index (χ0n) is 16.8. The minimum atomic E-state index is -4.01. The molecule has 0 saturated carbocycles. The lowest BCUT2D eigenvalue weighted by Gasteiger charge is -2.15.